The molecule has 0 bridgehead atoms. The van der Waals surface area contributed by atoms with Crippen molar-refractivity contribution < 1.29 is 9.52 Å². The smallest absolute Gasteiger partial charge is 0.194 e. The average Bonchev–Trinajstić information content (AvgIpc) is 3.27. The number of aliphatic hydroxyl groups excluding tert-OH is 1. The maximum Gasteiger partial charge on any atom is 0.194 e. The molecule has 0 aliphatic carbocycles. The molecule has 2 saturated heterocycles. The van der Waals surface area contributed by atoms with Crippen LogP contribution in [0, 0.1) is 0 Å². The van der Waals surface area contributed by atoms with Gasteiger partial charge < -0.3 is 19.7 Å². The molecule has 0 saturated carbocycles. The van der Waals surface area contributed by atoms with Gasteiger partial charge in [0.25, 0.3) is 0 Å². The van der Waals surface area contributed by atoms with Gasteiger partial charge in [-0.05, 0) is 51.4 Å². The SMILES string of the molecule is CCNC(=NCC(c1ccco1)N1CCCCC1)N1CC[C@@H](O)C1. The minimum absolute atomic E-state index is 0.196. The van der Waals surface area contributed by atoms with Gasteiger partial charge in [0.2, 0.25) is 0 Å². The lowest BCUT2D eigenvalue weighted by molar-refractivity contribution is 0.150. The van der Waals surface area contributed by atoms with Crippen molar-refractivity contribution >= 4 is 5.96 Å². The summed E-state index contributed by atoms with van der Waals surface area (Å²) in [4.78, 5) is 9.53. The zero-order chi connectivity index (χ0) is 16.8. The largest absolute Gasteiger partial charge is 0.468 e. The van der Waals surface area contributed by atoms with E-state index < -0.39 is 0 Å². The predicted molar refractivity (Wildman–Crippen MR) is 95.0 cm³/mol. The van der Waals surface area contributed by atoms with Crippen LogP contribution in [0.1, 0.15) is 44.4 Å². The molecule has 0 amide bonds. The van der Waals surface area contributed by atoms with Crippen LogP contribution in [0.3, 0.4) is 0 Å². The molecule has 1 unspecified atom stereocenters. The van der Waals surface area contributed by atoms with Crippen LogP contribution in [0.2, 0.25) is 0 Å². The molecule has 2 aliphatic rings. The number of hydrogen-bond donors (Lipinski definition) is 2. The Bertz CT molecular complexity index is 511. The lowest BCUT2D eigenvalue weighted by Gasteiger charge is -2.33. The summed E-state index contributed by atoms with van der Waals surface area (Å²) in [5.74, 6) is 1.90. The molecule has 24 heavy (non-hydrogen) atoms. The van der Waals surface area contributed by atoms with Crippen LogP contribution >= 0.6 is 0 Å². The molecule has 6 nitrogen and oxygen atoms in total. The molecule has 6 heteroatoms. The van der Waals surface area contributed by atoms with E-state index in [0.29, 0.717) is 13.1 Å². The zero-order valence-corrected chi connectivity index (χ0v) is 14.7. The summed E-state index contributed by atoms with van der Waals surface area (Å²) in [6.07, 6.45) is 6.14. The third-order valence-corrected chi connectivity index (χ3v) is 4.91. The van der Waals surface area contributed by atoms with Crippen LogP contribution in [0.4, 0.5) is 0 Å². The van der Waals surface area contributed by atoms with Gasteiger partial charge in [-0.3, -0.25) is 9.89 Å². The number of aliphatic hydroxyl groups is 1. The van der Waals surface area contributed by atoms with Gasteiger partial charge in [-0.1, -0.05) is 6.42 Å². The van der Waals surface area contributed by atoms with E-state index in [9.17, 15) is 5.11 Å². The van der Waals surface area contributed by atoms with E-state index >= 15 is 0 Å². The van der Waals surface area contributed by atoms with Crippen LogP contribution in [0.5, 0.6) is 0 Å². The van der Waals surface area contributed by atoms with Crippen molar-refractivity contribution in [1.29, 1.82) is 0 Å². The molecular formula is C18H30N4O2. The van der Waals surface area contributed by atoms with Crippen molar-refractivity contribution in [2.75, 3.05) is 39.3 Å². The fraction of sp³-hybridized carbons (Fsp3) is 0.722. The number of β-amino-alcohol motifs (C(OH)–C–C–N with tert-alkyl or cyclic N) is 1. The highest BCUT2D eigenvalue weighted by atomic mass is 16.3. The highest BCUT2D eigenvalue weighted by Gasteiger charge is 2.26. The molecule has 2 atom stereocenters. The summed E-state index contributed by atoms with van der Waals surface area (Å²) in [5.41, 5.74) is 0. The molecule has 2 fully saturated rings. The van der Waals surface area contributed by atoms with Crippen LogP contribution in [-0.2, 0) is 0 Å². The lowest BCUT2D eigenvalue weighted by atomic mass is 10.1. The summed E-state index contributed by atoms with van der Waals surface area (Å²) >= 11 is 0. The number of piperidine rings is 1. The van der Waals surface area contributed by atoms with Crippen molar-refractivity contribution in [3.63, 3.8) is 0 Å². The van der Waals surface area contributed by atoms with E-state index in [2.05, 4.69) is 28.1 Å². The molecule has 0 aromatic carbocycles. The molecule has 1 aromatic heterocycles. The number of aliphatic imine (C=N–C) groups is 1. The van der Waals surface area contributed by atoms with Crippen molar-refractivity contribution in [2.45, 2.75) is 44.8 Å². The van der Waals surface area contributed by atoms with Crippen LogP contribution < -0.4 is 5.32 Å². The fourth-order valence-corrected chi connectivity index (χ4v) is 3.63. The summed E-state index contributed by atoms with van der Waals surface area (Å²) in [7, 11) is 0. The lowest BCUT2D eigenvalue weighted by Crippen LogP contribution is -2.41. The number of likely N-dealkylation sites (tertiary alicyclic amines) is 2. The van der Waals surface area contributed by atoms with Gasteiger partial charge in [0.15, 0.2) is 5.96 Å². The van der Waals surface area contributed by atoms with Gasteiger partial charge >= 0.3 is 0 Å². The second-order valence-electron chi connectivity index (χ2n) is 6.71. The van der Waals surface area contributed by atoms with E-state index in [-0.39, 0.29) is 12.1 Å². The minimum Gasteiger partial charge on any atom is -0.468 e. The Kier molecular flexibility index (Phi) is 6.15. The zero-order valence-electron chi connectivity index (χ0n) is 14.7. The Hall–Kier alpha value is -1.53. The maximum atomic E-state index is 9.80. The highest BCUT2D eigenvalue weighted by Crippen LogP contribution is 2.25. The molecule has 134 valence electrons. The quantitative estimate of drug-likeness (QED) is 0.635. The Balaban J connectivity index is 1.72. The van der Waals surface area contributed by atoms with E-state index in [1.165, 1.54) is 19.3 Å². The number of rotatable bonds is 5. The Morgan fingerprint density at radius 1 is 1.38 bits per heavy atom. The van der Waals surface area contributed by atoms with E-state index in [0.717, 1.165) is 44.3 Å². The third-order valence-electron chi connectivity index (χ3n) is 4.91. The molecule has 1 aromatic rings. The van der Waals surface area contributed by atoms with Crippen molar-refractivity contribution in [2.24, 2.45) is 4.99 Å². The Morgan fingerprint density at radius 2 is 2.21 bits per heavy atom. The van der Waals surface area contributed by atoms with Gasteiger partial charge in [-0.2, -0.15) is 0 Å². The molecule has 3 rings (SSSR count). The number of furan rings is 1. The summed E-state index contributed by atoms with van der Waals surface area (Å²) in [5, 5.41) is 13.2. The fourth-order valence-electron chi connectivity index (χ4n) is 3.63. The first kappa shape index (κ1) is 17.3. The normalized spacial score (nSPS) is 24.3. The molecule has 0 radical (unpaired) electrons. The second kappa shape index (κ2) is 8.53. The van der Waals surface area contributed by atoms with E-state index in [1.807, 2.05) is 6.07 Å². The number of guanidine groups is 1. The Labute approximate surface area is 144 Å². The monoisotopic (exact) mass is 334 g/mol. The number of nitrogens with zero attached hydrogens (tertiary/aromatic N) is 3. The topological polar surface area (TPSA) is 64.2 Å². The molecule has 0 spiro atoms. The Morgan fingerprint density at radius 3 is 2.83 bits per heavy atom. The predicted octanol–water partition coefficient (Wildman–Crippen LogP) is 1.84. The number of hydrogen-bond acceptors (Lipinski definition) is 4. The number of nitrogens with one attached hydrogen (secondary N) is 1. The van der Waals surface area contributed by atoms with Gasteiger partial charge in [-0.15, -0.1) is 0 Å². The first-order chi connectivity index (χ1) is 11.8. The second-order valence-corrected chi connectivity index (χ2v) is 6.71. The van der Waals surface area contributed by atoms with Crippen molar-refractivity contribution in [3.8, 4) is 0 Å². The standard InChI is InChI=1S/C18H30N4O2/c1-2-19-18(22-11-8-15(23)14-22)20-13-16(17-7-6-12-24-17)21-9-4-3-5-10-21/h6-7,12,15-16,23H,2-5,8-11,13-14H2,1H3,(H,19,20)/t15-,16?/m1/s1. The van der Waals surface area contributed by atoms with Crippen molar-refractivity contribution in [1.82, 2.24) is 15.1 Å². The van der Waals surface area contributed by atoms with Crippen LogP contribution in [-0.4, -0.2) is 66.2 Å². The first-order valence-corrected chi connectivity index (χ1v) is 9.26. The van der Waals surface area contributed by atoms with Crippen LogP contribution in [0.15, 0.2) is 27.8 Å². The first-order valence-electron chi connectivity index (χ1n) is 9.26. The molecule has 2 N–H and O–H groups in total. The van der Waals surface area contributed by atoms with Crippen LogP contribution in [0.25, 0.3) is 0 Å². The van der Waals surface area contributed by atoms with Gasteiger partial charge in [0.1, 0.15) is 5.76 Å². The van der Waals surface area contributed by atoms with Gasteiger partial charge in [0.05, 0.1) is 25.0 Å². The third kappa shape index (κ3) is 4.30. The minimum atomic E-state index is -0.239. The van der Waals surface area contributed by atoms with E-state index in [4.69, 9.17) is 9.41 Å². The van der Waals surface area contributed by atoms with Gasteiger partial charge in [0, 0.05) is 19.6 Å². The highest BCUT2D eigenvalue weighted by molar-refractivity contribution is 5.80. The molecule has 3 heterocycles. The average molecular weight is 334 g/mol. The molecule has 2 aliphatic heterocycles. The van der Waals surface area contributed by atoms with E-state index in [1.54, 1.807) is 6.26 Å². The maximum absolute atomic E-state index is 9.80. The van der Waals surface area contributed by atoms with Crippen molar-refractivity contribution in [3.05, 3.63) is 24.2 Å². The summed E-state index contributed by atoms with van der Waals surface area (Å²) in [6.45, 7) is 7.35. The summed E-state index contributed by atoms with van der Waals surface area (Å²) in [6, 6.07) is 4.21. The van der Waals surface area contributed by atoms with Gasteiger partial charge in [-0.25, -0.2) is 0 Å². The molecular weight excluding hydrogens is 304 g/mol. The summed E-state index contributed by atoms with van der Waals surface area (Å²) < 4.78 is 5.70.